The standard InChI is InChI=1S/C11H19N3O3/c1-3-11(4-2,8-15)7-14-10(17)9(16)13-6-5-12/h15H,3-4,6-8H2,1-2H3,(H,13,16)(H,14,17). The number of nitriles is 1. The Bertz CT molecular complexity index is 297. The smallest absolute Gasteiger partial charge is 0.310 e. The fraction of sp³-hybridized carbons (Fsp3) is 0.727. The molecule has 0 fully saturated rings. The van der Waals surface area contributed by atoms with Gasteiger partial charge in [0.2, 0.25) is 0 Å². The summed E-state index contributed by atoms with van der Waals surface area (Å²) in [4.78, 5) is 22.5. The number of nitrogens with one attached hydrogen (secondary N) is 2. The van der Waals surface area contributed by atoms with Crippen LogP contribution in [-0.4, -0.2) is 36.6 Å². The summed E-state index contributed by atoms with van der Waals surface area (Å²) in [5.41, 5.74) is -0.384. The maximum Gasteiger partial charge on any atom is 0.310 e. The molecule has 0 atom stereocenters. The number of hydrogen-bond donors (Lipinski definition) is 3. The van der Waals surface area contributed by atoms with E-state index in [1.165, 1.54) is 0 Å². The minimum atomic E-state index is -0.828. The predicted octanol–water partition coefficient (Wildman–Crippen LogP) is -0.459. The fourth-order valence-corrected chi connectivity index (χ4v) is 1.33. The second-order valence-electron chi connectivity index (χ2n) is 3.89. The van der Waals surface area contributed by atoms with Gasteiger partial charge in [0.15, 0.2) is 0 Å². The summed E-state index contributed by atoms with van der Waals surface area (Å²) in [6.45, 7) is 3.84. The summed E-state index contributed by atoms with van der Waals surface area (Å²) in [5, 5.41) is 22.1. The molecule has 0 saturated heterocycles. The third kappa shape index (κ3) is 4.83. The van der Waals surface area contributed by atoms with Crippen molar-refractivity contribution in [2.75, 3.05) is 19.7 Å². The van der Waals surface area contributed by atoms with Crippen LogP contribution in [0.2, 0.25) is 0 Å². The van der Waals surface area contributed by atoms with Crippen LogP contribution in [0.15, 0.2) is 0 Å². The minimum Gasteiger partial charge on any atom is -0.396 e. The molecule has 0 bridgehead atoms. The highest BCUT2D eigenvalue weighted by Gasteiger charge is 2.26. The average Bonchev–Trinajstić information content (AvgIpc) is 2.37. The highest BCUT2D eigenvalue weighted by molar-refractivity contribution is 6.35. The Morgan fingerprint density at radius 1 is 1.24 bits per heavy atom. The summed E-state index contributed by atoms with van der Waals surface area (Å²) in [5.74, 6) is -1.61. The van der Waals surface area contributed by atoms with Crippen LogP contribution in [0.1, 0.15) is 26.7 Å². The monoisotopic (exact) mass is 241 g/mol. The lowest BCUT2D eigenvalue weighted by molar-refractivity contribution is -0.139. The fourth-order valence-electron chi connectivity index (χ4n) is 1.33. The molecular formula is C11H19N3O3. The van der Waals surface area contributed by atoms with Gasteiger partial charge in [-0.15, -0.1) is 0 Å². The van der Waals surface area contributed by atoms with Gasteiger partial charge in [-0.3, -0.25) is 9.59 Å². The zero-order chi connectivity index (χ0) is 13.3. The molecule has 0 unspecified atom stereocenters. The molecule has 0 radical (unpaired) electrons. The predicted molar refractivity (Wildman–Crippen MR) is 61.7 cm³/mol. The van der Waals surface area contributed by atoms with Crippen LogP contribution in [0, 0.1) is 16.7 Å². The van der Waals surface area contributed by atoms with E-state index in [-0.39, 0.29) is 25.1 Å². The van der Waals surface area contributed by atoms with E-state index in [9.17, 15) is 14.7 Å². The summed E-state index contributed by atoms with van der Waals surface area (Å²) in [6.07, 6.45) is 1.42. The number of nitrogens with zero attached hydrogens (tertiary/aromatic N) is 1. The number of amides is 2. The van der Waals surface area contributed by atoms with Crippen LogP contribution in [0.3, 0.4) is 0 Å². The summed E-state index contributed by atoms with van der Waals surface area (Å²) in [7, 11) is 0. The normalized spacial score (nSPS) is 10.5. The summed E-state index contributed by atoms with van der Waals surface area (Å²) < 4.78 is 0. The van der Waals surface area contributed by atoms with E-state index >= 15 is 0 Å². The topological polar surface area (TPSA) is 102 Å². The van der Waals surface area contributed by atoms with Gasteiger partial charge >= 0.3 is 11.8 Å². The highest BCUT2D eigenvalue weighted by Crippen LogP contribution is 2.24. The highest BCUT2D eigenvalue weighted by atomic mass is 16.3. The molecule has 2 amide bonds. The lowest BCUT2D eigenvalue weighted by Crippen LogP contribution is -2.45. The molecule has 0 heterocycles. The SMILES string of the molecule is CCC(CC)(CO)CNC(=O)C(=O)NCC#N. The van der Waals surface area contributed by atoms with Crippen molar-refractivity contribution in [3.8, 4) is 6.07 Å². The largest absolute Gasteiger partial charge is 0.396 e. The van der Waals surface area contributed by atoms with Gasteiger partial charge in [0, 0.05) is 12.0 Å². The number of carbonyl (C=O) groups is 2. The first-order valence-electron chi connectivity index (χ1n) is 5.59. The molecule has 0 aliphatic heterocycles. The van der Waals surface area contributed by atoms with E-state index < -0.39 is 11.8 Å². The van der Waals surface area contributed by atoms with E-state index in [1.54, 1.807) is 6.07 Å². The molecule has 17 heavy (non-hydrogen) atoms. The van der Waals surface area contributed by atoms with Gasteiger partial charge in [0.25, 0.3) is 0 Å². The van der Waals surface area contributed by atoms with Crippen LogP contribution in [0.4, 0.5) is 0 Å². The third-order valence-corrected chi connectivity index (χ3v) is 2.99. The van der Waals surface area contributed by atoms with Crippen LogP contribution in [0.5, 0.6) is 0 Å². The van der Waals surface area contributed by atoms with Gasteiger partial charge in [0.05, 0.1) is 12.7 Å². The molecule has 0 aromatic carbocycles. The Labute approximate surface area is 101 Å². The molecule has 0 saturated carbocycles. The van der Waals surface area contributed by atoms with Crippen LogP contribution >= 0.6 is 0 Å². The van der Waals surface area contributed by atoms with Gasteiger partial charge in [-0.05, 0) is 12.8 Å². The Hall–Kier alpha value is -1.61. The second kappa shape index (κ2) is 7.63. The second-order valence-corrected chi connectivity index (χ2v) is 3.89. The minimum absolute atomic E-state index is 0.0416. The van der Waals surface area contributed by atoms with Gasteiger partial charge in [-0.2, -0.15) is 5.26 Å². The van der Waals surface area contributed by atoms with E-state index in [1.807, 2.05) is 13.8 Å². The van der Waals surface area contributed by atoms with Crippen LogP contribution in [0.25, 0.3) is 0 Å². The van der Waals surface area contributed by atoms with Crippen LogP contribution in [-0.2, 0) is 9.59 Å². The number of carbonyl (C=O) groups excluding carboxylic acids is 2. The van der Waals surface area contributed by atoms with Crippen molar-refractivity contribution in [1.29, 1.82) is 5.26 Å². The van der Waals surface area contributed by atoms with Crippen molar-refractivity contribution in [2.24, 2.45) is 5.41 Å². The zero-order valence-corrected chi connectivity index (χ0v) is 10.2. The van der Waals surface area contributed by atoms with Crippen molar-refractivity contribution in [2.45, 2.75) is 26.7 Å². The van der Waals surface area contributed by atoms with Gasteiger partial charge in [-0.25, -0.2) is 0 Å². The van der Waals surface area contributed by atoms with Crippen molar-refractivity contribution in [3.05, 3.63) is 0 Å². The van der Waals surface area contributed by atoms with Crippen LogP contribution < -0.4 is 10.6 Å². The van der Waals surface area contributed by atoms with Crippen molar-refractivity contribution in [1.82, 2.24) is 10.6 Å². The van der Waals surface area contributed by atoms with E-state index in [0.29, 0.717) is 12.8 Å². The molecule has 0 aliphatic rings. The number of rotatable bonds is 6. The van der Waals surface area contributed by atoms with Gasteiger partial charge < -0.3 is 15.7 Å². The molecule has 96 valence electrons. The zero-order valence-electron chi connectivity index (χ0n) is 10.2. The first-order chi connectivity index (χ1) is 8.05. The molecule has 0 aromatic heterocycles. The van der Waals surface area contributed by atoms with Crippen molar-refractivity contribution < 1.29 is 14.7 Å². The van der Waals surface area contributed by atoms with E-state index in [4.69, 9.17) is 5.26 Å². The molecule has 0 aliphatic carbocycles. The molecule has 0 rings (SSSR count). The maximum absolute atomic E-state index is 11.3. The Morgan fingerprint density at radius 3 is 2.18 bits per heavy atom. The first kappa shape index (κ1) is 15.4. The summed E-state index contributed by atoms with van der Waals surface area (Å²) >= 11 is 0. The van der Waals surface area contributed by atoms with Crippen molar-refractivity contribution >= 4 is 11.8 Å². The number of aliphatic hydroxyl groups is 1. The lowest BCUT2D eigenvalue weighted by atomic mass is 9.83. The summed E-state index contributed by atoms with van der Waals surface area (Å²) in [6, 6.07) is 1.71. The molecule has 0 spiro atoms. The van der Waals surface area contributed by atoms with E-state index in [0.717, 1.165) is 0 Å². The number of hydrogen-bond acceptors (Lipinski definition) is 4. The Morgan fingerprint density at radius 2 is 1.76 bits per heavy atom. The molecule has 6 nitrogen and oxygen atoms in total. The van der Waals surface area contributed by atoms with Gasteiger partial charge in [0.1, 0.15) is 6.54 Å². The number of aliphatic hydroxyl groups excluding tert-OH is 1. The Balaban J connectivity index is 4.22. The third-order valence-electron chi connectivity index (χ3n) is 2.99. The molecule has 0 aromatic rings. The molecular weight excluding hydrogens is 222 g/mol. The Kier molecular flexibility index (Phi) is 6.91. The molecule has 6 heteroatoms. The first-order valence-corrected chi connectivity index (χ1v) is 5.59. The quantitative estimate of drug-likeness (QED) is 0.432. The average molecular weight is 241 g/mol. The van der Waals surface area contributed by atoms with Gasteiger partial charge in [-0.1, -0.05) is 13.8 Å². The van der Waals surface area contributed by atoms with Crippen molar-refractivity contribution in [3.63, 3.8) is 0 Å². The molecule has 3 N–H and O–H groups in total. The maximum atomic E-state index is 11.3. The lowest BCUT2D eigenvalue weighted by Gasteiger charge is -2.29. The van der Waals surface area contributed by atoms with E-state index in [2.05, 4.69) is 10.6 Å².